The molecule has 0 saturated heterocycles. The first-order valence-electron chi connectivity index (χ1n) is 5.98. The second-order valence-electron chi connectivity index (χ2n) is 4.38. The molecular weight excluding hydrogens is 276 g/mol. The Kier molecular flexibility index (Phi) is 3.36. The molecule has 1 aromatic heterocycles. The van der Waals surface area contributed by atoms with E-state index in [0.29, 0.717) is 11.4 Å². The normalized spacial score (nSPS) is 10.8. The van der Waals surface area contributed by atoms with Crippen LogP contribution in [0.5, 0.6) is 0 Å². The Morgan fingerprint density at radius 2 is 1.89 bits per heavy atom. The molecular formula is C16H11ClOS. The SMILES string of the molecule is O=C(Cc1cccc(Cl)c1)c1cc2ccccc2s1. The van der Waals surface area contributed by atoms with E-state index in [0.717, 1.165) is 20.5 Å². The van der Waals surface area contributed by atoms with E-state index in [1.54, 1.807) is 11.3 Å². The number of fused-ring (bicyclic) bond motifs is 1. The summed E-state index contributed by atoms with van der Waals surface area (Å²) in [7, 11) is 0. The van der Waals surface area contributed by atoms with Gasteiger partial charge < -0.3 is 0 Å². The molecule has 1 heterocycles. The molecule has 3 aromatic rings. The van der Waals surface area contributed by atoms with Gasteiger partial charge in [0.2, 0.25) is 0 Å². The number of hydrogen-bond donors (Lipinski definition) is 0. The van der Waals surface area contributed by atoms with Crippen LogP contribution < -0.4 is 0 Å². The molecule has 0 N–H and O–H groups in total. The van der Waals surface area contributed by atoms with Gasteiger partial charge in [-0.25, -0.2) is 0 Å². The molecule has 3 rings (SSSR count). The standard InChI is InChI=1S/C16H11ClOS/c17-13-6-3-4-11(8-13)9-14(18)16-10-12-5-1-2-7-15(12)19-16/h1-8,10H,9H2. The Morgan fingerprint density at radius 3 is 2.68 bits per heavy atom. The van der Waals surface area contributed by atoms with Crippen molar-refractivity contribution in [2.45, 2.75) is 6.42 Å². The summed E-state index contributed by atoms with van der Waals surface area (Å²) in [6, 6.07) is 17.5. The smallest absolute Gasteiger partial charge is 0.177 e. The van der Waals surface area contributed by atoms with Crippen LogP contribution in [0.25, 0.3) is 10.1 Å². The maximum Gasteiger partial charge on any atom is 0.177 e. The number of hydrogen-bond acceptors (Lipinski definition) is 2. The lowest BCUT2D eigenvalue weighted by atomic mass is 10.1. The van der Waals surface area contributed by atoms with Crippen LogP contribution in [0, 0.1) is 0 Å². The van der Waals surface area contributed by atoms with Crippen molar-refractivity contribution in [2.75, 3.05) is 0 Å². The third-order valence-corrected chi connectivity index (χ3v) is 4.35. The van der Waals surface area contributed by atoms with E-state index in [1.807, 2.05) is 54.6 Å². The van der Waals surface area contributed by atoms with Crippen LogP contribution in [-0.4, -0.2) is 5.78 Å². The average Bonchev–Trinajstić information content (AvgIpc) is 2.82. The Labute approximate surface area is 120 Å². The predicted octanol–water partition coefficient (Wildman–Crippen LogP) is 4.98. The highest BCUT2D eigenvalue weighted by molar-refractivity contribution is 7.20. The molecule has 3 heteroatoms. The molecule has 0 saturated carbocycles. The molecule has 19 heavy (non-hydrogen) atoms. The summed E-state index contributed by atoms with van der Waals surface area (Å²) >= 11 is 7.48. The van der Waals surface area contributed by atoms with Crippen LogP contribution >= 0.6 is 22.9 Å². The lowest BCUT2D eigenvalue weighted by Crippen LogP contribution is -2.00. The molecule has 0 bridgehead atoms. The van der Waals surface area contributed by atoms with Gasteiger partial charge in [0.1, 0.15) is 0 Å². The molecule has 0 spiro atoms. The quantitative estimate of drug-likeness (QED) is 0.621. The number of benzene rings is 2. The number of halogens is 1. The van der Waals surface area contributed by atoms with Gasteiger partial charge in [-0.3, -0.25) is 4.79 Å². The van der Waals surface area contributed by atoms with Crippen LogP contribution in [0.4, 0.5) is 0 Å². The van der Waals surface area contributed by atoms with E-state index in [9.17, 15) is 4.79 Å². The van der Waals surface area contributed by atoms with Crippen LogP contribution in [0.15, 0.2) is 54.6 Å². The number of carbonyl (C=O) groups excluding carboxylic acids is 1. The Balaban J connectivity index is 1.87. The van der Waals surface area contributed by atoms with E-state index in [1.165, 1.54) is 0 Å². The second kappa shape index (κ2) is 5.16. The van der Waals surface area contributed by atoms with Crippen molar-refractivity contribution in [3.05, 3.63) is 70.1 Å². The summed E-state index contributed by atoms with van der Waals surface area (Å²) in [6.45, 7) is 0. The summed E-state index contributed by atoms with van der Waals surface area (Å²) < 4.78 is 1.15. The Morgan fingerprint density at radius 1 is 1.05 bits per heavy atom. The van der Waals surface area contributed by atoms with Crippen molar-refractivity contribution in [3.8, 4) is 0 Å². The first-order chi connectivity index (χ1) is 9.22. The van der Waals surface area contributed by atoms with Crippen LogP contribution in [0.2, 0.25) is 5.02 Å². The number of carbonyl (C=O) groups is 1. The minimum absolute atomic E-state index is 0.142. The molecule has 0 fully saturated rings. The third kappa shape index (κ3) is 2.70. The van der Waals surface area contributed by atoms with Gasteiger partial charge in [0.25, 0.3) is 0 Å². The van der Waals surface area contributed by atoms with Gasteiger partial charge in [0, 0.05) is 16.1 Å². The highest BCUT2D eigenvalue weighted by atomic mass is 35.5. The summed E-state index contributed by atoms with van der Waals surface area (Å²) in [6.07, 6.45) is 0.396. The van der Waals surface area contributed by atoms with Crippen molar-refractivity contribution in [1.29, 1.82) is 0 Å². The van der Waals surface area contributed by atoms with Gasteiger partial charge in [-0.05, 0) is 35.2 Å². The molecule has 94 valence electrons. The lowest BCUT2D eigenvalue weighted by molar-refractivity contribution is 0.0997. The topological polar surface area (TPSA) is 17.1 Å². The van der Waals surface area contributed by atoms with E-state index < -0.39 is 0 Å². The largest absolute Gasteiger partial charge is 0.293 e. The summed E-state index contributed by atoms with van der Waals surface area (Å²) in [5.41, 5.74) is 0.954. The van der Waals surface area contributed by atoms with Gasteiger partial charge >= 0.3 is 0 Å². The minimum atomic E-state index is 0.142. The second-order valence-corrected chi connectivity index (χ2v) is 5.90. The first-order valence-corrected chi connectivity index (χ1v) is 7.18. The van der Waals surface area contributed by atoms with Crippen LogP contribution in [0.3, 0.4) is 0 Å². The monoisotopic (exact) mass is 286 g/mol. The maximum absolute atomic E-state index is 12.3. The zero-order chi connectivity index (χ0) is 13.2. The van der Waals surface area contributed by atoms with Crippen molar-refractivity contribution < 1.29 is 4.79 Å². The van der Waals surface area contributed by atoms with Crippen molar-refractivity contribution in [2.24, 2.45) is 0 Å². The molecule has 0 aliphatic carbocycles. The zero-order valence-electron chi connectivity index (χ0n) is 10.1. The molecule has 0 atom stereocenters. The summed E-state index contributed by atoms with van der Waals surface area (Å²) in [4.78, 5) is 13.1. The number of Topliss-reactive ketones (excluding diaryl/α,β-unsaturated/α-hetero) is 1. The first kappa shape index (κ1) is 12.4. The van der Waals surface area contributed by atoms with E-state index in [4.69, 9.17) is 11.6 Å². The van der Waals surface area contributed by atoms with Crippen molar-refractivity contribution in [3.63, 3.8) is 0 Å². The summed E-state index contributed by atoms with van der Waals surface area (Å²) in [5.74, 6) is 0.142. The fourth-order valence-electron chi connectivity index (χ4n) is 2.04. The van der Waals surface area contributed by atoms with Gasteiger partial charge in [0.15, 0.2) is 5.78 Å². The minimum Gasteiger partial charge on any atom is -0.293 e. The van der Waals surface area contributed by atoms with Gasteiger partial charge in [0.05, 0.1) is 4.88 Å². The van der Waals surface area contributed by atoms with Gasteiger partial charge in [-0.2, -0.15) is 0 Å². The molecule has 0 unspecified atom stereocenters. The van der Waals surface area contributed by atoms with E-state index in [-0.39, 0.29) is 5.78 Å². The highest BCUT2D eigenvalue weighted by Crippen LogP contribution is 2.26. The maximum atomic E-state index is 12.3. The Hall–Kier alpha value is -1.64. The molecule has 0 aliphatic heterocycles. The predicted molar refractivity (Wildman–Crippen MR) is 81.3 cm³/mol. The van der Waals surface area contributed by atoms with Gasteiger partial charge in [-0.1, -0.05) is 41.9 Å². The number of thiophene rings is 1. The van der Waals surface area contributed by atoms with Crippen molar-refractivity contribution >= 4 is 38.8 Å². The fourth-order valence-corrected chi connectivity index (χ4v) is 3.25. The average molecular weight is 287 g/mol. The highest BCUT2D eigenvalue weighted by Gasteiger charge is 2.11. The summed E-state index contributed by atoms with van der Waals surface area (Å²) in [5, 5.41) is 1.79. The van der Waals surface area contributed by atoms with Gasteiger partial charge in [-0.15, -0.1) is 11.3 Å². The van der Waals surface area contributed by atoms with Crippen molar-refractivity contribution in [1.82, 2.24) is 0 Å². The molecule has 1 nitrogen and oxygen atoms in total. The molecule has 2 aromatic carbocycles. The Bertz CT molecular complexity index is 712. The third-order valence-electron chi connectivity index (χ3n) is 2.95. The van der Waals surface area contributed by atoms with Crippen LogP contribution in [-0.2, 0) is 6.42 Å². The van der Waals surface area contributed by atoms with Crippen LogP contribution in [0.1, 0.15) is 15.2 Å². The molecule has 0 radical (unpaired) electrons. The molecule has 0 aliphatic rings. The van der Waals surface area contributed by atoms with E-state index in [2.05, 4.69) is 0 Å². The number of ketones is 1. The molecule has 0 amide bonds. The number of rotatable bonds is 3. The van der Waals surface area contributed by atoms with E-state index >= 15 is 0 Å². The lowest BCUT2D eigenvalue weighted by Gasteiger charge is -1.99. The zero-order valence-corrected chi connectivity index (χ0v) is 11.7. The fraction of sp³-hybridized carbons (Fsp3) is 0.0625.